The predicted molar refractivity (Wildman–Crippen MR) is 76.0 cm³/mol. The first-order chi connectivity index (χ1) is 9.61. The Morgan fingerprint density at radius 1 is 1.30 bits per heavy atom. The molecule has 0 spiro atoms. The van der Waals surface area contributed by atoms with Crippen molar-refractivity contribution in [3.05, 3.63) is 0 Å². The number of amides is 2. The second kappa shape index (κ2) is 7.07. The van der Waals surface area contributed by atoms with E-state index >= 15 is 0 Å². The van der Waals surface area contributed by atoms with Gasteiger partial charge in [0, 0.05) is 25.6 Å². The summed E-state index contributed by atoms with van der Waals surface area (Å²) in [6.07, 6.45) is 4.90. The van der Waals surface area contributed by atoms with Crippen molar-refractivity contribution < 1.29 is 14.7 Å². The number of nitrogens with one attached hydrogen (secondary N) is 1. The summed E-state index contributed by atoms with van der Waals surface area (Å²) in [6.45, 7) is 3.66. The Kier molecular flexibility index (Phi) is 5.40. The number of likely N-dealkylation sites (tertiary alicyclic amines) is 1. The molecule has 5 nitrogen and oxygen atoms in total. The second-order valence-electron chi connectivity index (χ2n) is 6.09. The molecule has 2 fully saturated rings. The van der Waals surface area contributed by atoms with Crippen molar-refractivity contribution in [2.75, 3.05) is 19.6 Å². The van der Waals surface area contributed by atoms with Crippen molar-refractivity contribution >= 4 is 11.8 Å². The van der Waals surface area contributed by atoms with E-state index in [1.165, 1.54) is 0 Å². The van der Waals surface area contributed by atoms with E-state index in [4.69, 9.17) is 0 Å². The summed E-state index contributed by atoms with van der Waals surface area (Å²) in [5.41, 5.74) is 0. The van der Waals surface area contributed by atoms with Crippen LogP contribution in [0.5, 0.6) is 0 Å². The molecule has 2 rings (SSSR count). The third-order valence-corrected chi connectivity index (χ3v) is 4.16. The maximum Gasteiger partial charge on any atom is 0.225 e. The normalized spacial score (nSPS) is 24.3. The highest BCUT2D eigenvalue weighted by Gasteiger charge is 2.36. The van der Waals surface area contributed by atoms with E-state index in [2.05, 4.69) is 5.32 Å². The molecule has 0 aromatic carbocycles. The topological polar surface area (TPSA) is 69.6 Å². The van der Waals surface area contributed by atoms with Gasteiger partial charge >= 0.3 is 0 Å². The van der Waals surface area contributed by atoms with Gasteiger partial charge in [-0.3, -0.25) is 9.59 Å². The molecule has 1 heterocycles. The molecule has 2 aliphatic rings. The molecule has 0 radical (unpaired) electrons. The van der Waals surface area contributed by atoms with Gasteiger partial charge in [-0.15, -0.1) is 0 Å². The first kappa shape index (κ1) is 15.3. The van der Waals surface area contributed by atoms with E-state index in [9.17, 15) is 14.7 Å². The van der Waals surface area contributed by atoms with E-state index in [1.54, 1.807) is 0 Å². The van der Waals surface area contributed by atoms with E-state index in [1.807, 2.05) is 11.8 Å². The molecule has 5 heteroatoms. The maximum atomic E-state index is 12.1. The molecule has 0 aromatic rings. The van der Waals surface area contributed by atoms with Crippen molar-refractivity contribution in [2.24, 2.45) is 11.8 Å². The van der Waals surface area contributed by atoms with Gasteiger partial charge in [0.15, 0.2) is 0 Å². The fraction of sp³-hybridized carbons (Fsp3) is 0.867. The Morgan fingerprint density at radius 2 is 2.05 bits per heavy atom. The van der Waals surface area contributed by atoms with Crippen LogP contribution < -0.4 is 5.32 Å². The van der Waals surface area contributed by atoms with Crippen LogP contribution in [0.4, 0.5) is 0 Å². The standard InChI is InChI=1S/C15H26N2O3/c1-2-4-13(18)9-16-14(19)12-5-3-8-17(10-12)15(20)11-6-7-11/h11-13,18H,2-10H2,1H3,(H,16,19). The van der Waals surface area contributed by atoms with Crippen LogP contribution in [0.25, 0.3) is 0 Å². The lowest BCUT2D eigenvalue weighted by molar-refractivity contribution is -0.136. The van der Waals surface area contributed by atoms with Gasteiger partial charge in [0.05, 0.1) is 12.0 Å². The SMILES string of the molecule is CCCC(O)CNC(=O)C1CCCN(C(=O)C2CC2)C1. The minimum absolute atomic E-state index is 0.0200. The Morgan fingerprint density at radius 3 is 2.70 bits per heavy atom. The zero-order valence-corrected chi connectivity index (χ0v) is 12.3. The van der Waals surface area contributed by atoms with E-state index < -0.39 is 6.10 Å². The molecular formula is C15H26N2O3. The van der Waals surface area contributed by atoms with E-state index in [0.29, 0.717) is 19.5 Å². The lowest BCUT2D eigenvalue weighted by atomic mass is 9.96. The van der Waals surface area contributed by atoms with Gasteiger partial charge in [-0.25, -0.2) is 0 Å². The first-order valence-electron chi connectivity index (χ1n) is 7.86. The summed E-state index contributed by atoms with van der Waals surface area (Å²) in [6, 6.07) is 0. The predicted octanol–water partition coefficient (Wildman–Crippen LogP) is 0.912. The number of piperidine rings is 1. The molecule has 2 amide bonds. The number of rotatable bonds is 6. The molecule has 114 valence electrons. The van der Waals surface area contributed by atoms with Gasteiger partial charge in [0.1, 0.15) is 0 Å². The van der Waals surface area contributed by atoms with Crippen LogP contribution in [0.3, 0.4) is 0 Å². The van der Waals surface area contributed by atoms with Crippen LogP contribution in [0.2, 0.25) is 0 Å². The van der Waals surface area contributed by atoms with Crippen LogP contribution in [0.15, 0.2) is 0 Å². The number of aliphatic hydroxyl groups excluding tert-OH is 1. The molecule has 1 aliphatic carbocycles. The summed E-state index contributed by atoms with van der Waals surface area (Å²) in [7, 11) is 0. The number of carbonyl (C=O) groups is 2. The van der Waals surface area contributed by atoms with Crippen LogP contribution in [-0.2, 0) is 9.59 Å². The third-order valence-electron chi connectivity index (χ3n) is 4.16. The maximum absolute atomic E-state index is 12.1. The smallest absolute Gasteiger partial charge is 0.225 e. The van der Waals surface area contributed by atoms with E-state index in [-0.39, 0.29) is 23.7 Å². The zero-order valence-electron chi connectivity index (χ0n) is 12.3. The molecule has 1 aliphatic heterocycles. The highest BCUT2D eigenvalue weighted by atomic mass is 16.3. The van der Waals surface area contributed by atoms with Crippen molar-refractivity contribution in [2.45, 2.75) is 51.6 Å². The highest BCUT2D eigenvalue weighted by Crippen LogP contribution is 2.32. The molecular weight excluding hydrogens is 256 g/mol. The molecule has 2 N–H and O–H groups in total. The average molecular weight is 282 g/mol. The molecule has 0 bridgehead atoms. The fourth-order valence-corrected chi connectivity index (χ4v) is 2.78. The lowest BCUT2D eigenvalue weighted by Crippen LogP contribution is -2.47. The lowest BCUT2D eigenvalue weighted by Gasteiger charge is -2.32. The van der Waals surface area contributed by atoms with Gasteiger partial charge in [-0.1, -0.05) is 13.3 Å². The summed E-state index contributed by atoms with van der Waals surface area (Å²) in [4.78, 5) is 26.0. The second-order valence-corrected chi connectivity index (χ2v) is 6.09. The van der Waals surface area contributed by atoms with Crippen LogP contribution in [0.1, 0.15) is 45.4 Å². The summed E-state index contributed by atoms with van der Waals surface area (Å²) in [5, 5.41) is 12.5. The number of nitrogens with zero attached hydrogens (tertiary/aromatic N) is 1. The summed E-state index contributed by atoms with van der Waals surface area (Å²) in [5.74, 6) is 0.324. The zero-order chi connectivity index (χ0) is 14.5. The minimum Gasteiger partial charge on any atom is -0.391 e. The molecule has 0 aromatic heterocycles. The van der Waals surface area contributed by atoms with Crippen LogP contribution in [0, 0.1) is 11.8 Å². The van der Waals surface area contributed by atoms with Gasteiger partial charge in [0.25, 0.3) is 0 Å². The Labute approximate surface area is 120 Å². The number of hydrogen-bond donors (Lipinski definition) is 2. The van der Waals surface area contributed by atoms with Crippen LogP contribution in [-0.4, -0.2) is 47.6 Å². The van der Waals surface area contributed by atoms with Crippen molar-refractivity contribution in [1.29, 1.82) is 0 Å². The Hall–Kier alpha value is -1.10. The third kappa shape index (κ3) is 4.20. The largest absolute Gasteiger partial charge is 0.391 e. The van der Waals surface area contributed by atoms with Gasteiger partial charge < -0.3 is 15.3 Å². The van der Waals surface area contributed by atoms with Crippen LogP contribution >= 0.6 is 0 Å². The Bertz CT molecular complexity index is 355. The minimum atomic E-state index is -0.461. The highest BCUT2D eigenvalue weighted by molar-refractivity contribution is 5.83. The van der Waals surface area contributed by atoms with Crippen molar-refractivity contribution in [1.82, 2.24) is 10.2 Å². The quantitative estimate of drug-likeness (QED) is 0.761. The molecule has 1 saturated carbocycles. The van der Waals surface area contributed by atoms with E-state index in [0.717, 1.165) is 38.6 Å². The summed E-state index contributed by atoms with van der Waals surface area (Å²) >= 11 is 0. The number of aliphatic hydroxyl groups is 1. The van der Waals surface area contributed by atoms with Gasteiger partial charge in [-0.2, -0.15) is 0 Å². The van der Waals surface area contributed by atoms with Crippen molar-refractivity contribution in [3.63, 3.8) is 0 Å². The molecule has 2 atom stereocenters. The number of hydrogen-bond acceptors (Lipinski definition) is 3. The first-order valence-corrected chi connectivity index (χ1v) is 7.86. The molecule has 20 heavy (non-hydrogen) atoms. The fourth-order valence-electron chi connectivity index (χ4n) is 2.78. The molecule has 1 saturated heterocycles. The Balaban J connectivity index is 1.76. The number of carbonyl (C=O) groups excluding carboxylic acids is 2. The van der Waals surface area contributed by atoms with Crippen molar-refractivity contribution in [3.8, 4) is 0 Å². The summed E-state index contributed by atoms with van der Waals surface area (Å²) < 4.78 is 0. The molecule has 2 unspecified atom stereocenters. The van der Waals surface area contributed by atoms with Gasteiger partial charge in [-0.05, 0) is 32.1 Å². The monoisotopic (exact) mass is 282 g/mol. The van der Waals surface area contributed by atoms with Gasteiger partial charge in [0.2, 0.25) is 11.8 Å². The average Bonchev–Trinajstić information content (AvgIpc) is 3.29.